The molecule has 2 fully saturated rings. The smallest absolute Gasteiger partial charge is 0.322 e. The number of hydrogen-bond donors (Lipinski definition) is 1. The number of allylic oxidation sites excluding steroid dienone is 1. The van der Waals surface area contributed by atoms with E-state index in [2.05, 4.69) is 18.3 Å². The van der Waals surface area contributed by atoms with Gasteiger partial charge in [0.05, 0.1) is 19.8 Å². The molecule has 1 atom stereocenters. The van der Waals surface area contributed by atoms with Gasteiger partial charge in [0, 0.05) is 48.3 Å². The third-order valence-corrected chi connectivity index (χ3v) is 7.68. The number of carbonyl (C=O) groups excluding carboxylic acids is 2. The van der Waals surface area contributed by atoms with E-state index in [0.717, 1.165) is 28.1 Å². The quantitative estimate of drug-likeness (QED) is 0.503. The predicted molar refractivity (Wildman–Crippen MR) is 141 cm³/mol. The fraction of sp³-hybridized carbons (Fsp3) is 0.379. The number of piperidine rings is 1. The molecule has 8 nitrogen and oxygen atoms in total. The van der Waals surface area contributed by atoms with Gasteiger partial charge in [-0.1, -0.05) is 37.3 Å². The van der Waals surface area contributed by atoms with Crippen LogP contribution in [-0.2, 0) is 0 Å². The summed E-state index contributed by atoms with van der Waals surface area (Å²) in [6.07, 6.45) is 3.41. The topological polar surface area (TPSA) is 84.3 Å². The van der Waals surface area contributed by atoms with E-state index < -0.39 is 5.54 Å². The molecule has 194 valence electrons. The molecule has 2 aliphatic rings. The Morgan fingerprint density at radius 1 is 1.14 bits per heavy atom. The standard InChI is InChI=1S/C29H33N3O5/c1-5-32-28(34)30-26(16-19(2)22-11-10-21(35-3)18-24(22)36-4)29(32)12-14-31(15-13-29)27(33)25-17-20-8-6-7-9-23(20)37-25/h6-11,16-19H,5,12-15H2,1-4H3,(H,30,34)/b26-16-/t19-/m0/s1. The Labute approximate surface area is 216 Å². The van der Waals surface area contributed by atoms with Crippen LogP contribution in [0.2, 0.25) is 0 Å². The number of para-hydroxylation sites is 1. The maximum Gasteiger partial charge on any atom is 0.322 e. The first-order valence-electron chi connectivity index (χ1n) is 12.7. The average Bonchev–Trinajstić information content (AvgIpc) is 3.46. The van der Waals surface area contributed by atoms with Crippen LogP contribution < -0.4 is 14.8 Å². The van der Waals surface area contributed by atoms with Crippen LogP contribution in [0.3, 0.4) is 0 Å². The Hall–Kier alpha value is -3.94. The number of carbonyl (C=O) groups is 2. The zero-order valence-corrected chi connectivity index (χ0v) is 21.7. The summed E-state index contributed by atoms with van der Waals surface area (Å²) >= 11 is 0. The third-order valence-electron chi connectivity index (χ3n) is 7.68. The molecule has 3 aromatic rings. The number of rotatable bonds is 6. The van der Waals surface area contributed by atoms with E-state index in [4.69, 9.17) is 13.9 Å². The molecule has 2 aromatic carbocycles. The van der Waals surface area contributed by atoms with Gasteiger partial charge in [-0.2, -0.15) is 0 Å². The van der Waals surface area contributed by atoms with Crippen molar-refractivity contribution >= 4 is 22.9 Å². The summed E-state index contributed by atoms with van der Waals surface area (Å²) in [5, 5.41) is 4.04. The Morgan fingerprint density at radius 2 is 1.89 bits per heavy atom. The lowest BCUT2D eigenvalue weighted by Crippen LogP contribution is -2.54. The van der Waals surface area contributed by atoms with E-state index in [0.29, 0.717) is 43.8 Å². The Kier molecular flexibility index (Phi) is 6.58. The van der Waals surface area contributed by atoms with E-state index in [9.17, 15) is 9.59 Å². The summed E-state index contributed by atoms with van der Waals surface area (Å²) in [4.78, 5) is 30.0. The summed E-state index contributed by atoms with van der Waals surface area (Å²) in [6.45, 7) is 5.72. The molecule has 0 aliphatic carbocycles. The van der Waals surface area contributed by atoms with E-state index in [1.807, 2.05) is 59.2 Å². The average molecular weight is 504 g/mol. The Morgan fingerprint density at radius 3 is 2.57 bits per heavy atom. The van der Waals surface area contributed by atoms with E-state index in [-0.39, 0.29) is 17.9 Å². The number of furan rings is 1. The highest BCUT2D eigenvalue weighted by molar-refractivity contribution is 5.96. The van der Waals surface area contributed by atoms with Gasteiger partial charge in [-0.15, -0.1) is 0 Å². The van der Waals surface area contributed by atoms with Crippen LogP contribution in [0.15, 0.2) is 64.7 Å². The normalized spacial score (nSPS) is 18.9. The van der Waals surface area contributed by atoms with Crippen molar-refractivity contribution in [2.75, 3.05) is 33.9 Å². The third kappa shape index (κ3) is 4.30. The van der Waals surface area contributed by atoms with Gasteiger partial charge in [-0.05, 0) is 38.0 Å². The maximum atomic E-state index is 13.3. The van der Waals surface area contributed by atoms with Crippen molar-refractivity contribution in [1.29, 1.82) is 0 Å². The second-order valence-corrected chi connectivity index (χ2v) is 9.62. The molecule has 0 radical (unpaired) electrons. The van der Waals surface area contributed by atoms with Crippen molar-refractivity contribution in [3.63, 3.8) is 0 Å². The number of hydrogen-bond acceptors (Lipinski definition) is 5. The molecule has 0 saturated carbocycles. The molecule has 1 aromatic heterocycles. The van der Waals surface area contributed by atoms with Gasteiger partial charge < -0.3 is 29.0 Å². The number of amides is 3. The molecule has 2 aliphatic heterocycles. The molecule has 1 spiro atoms. The summed E-state index contributed by atoms with van der Waals surface area (Å²) in [5.41, 5.74) is 2.12. The number of nitrogens with zero attached hydrogens (tertiary/aromatic N) is 2. The van der Waals surface area contributed by atoms with Crippen LogP contribution in [0.1, 0.15) is 48.7 Å². The van der Waals surface area contributed by atoms with Gasteiger partial charge in [-0.3, -0.25) is 4.79 Å². The summed E-state index contributed by atoms with van der Waals surface area (Å²) < 4.78 is 16.8. The first-order chi connectivity index (χ1) is 17.9. The fourth-order valence-corrected chi connectivity index (χ4v) is 5.68. The number of ether oxygens (including phenoxy) is 2. The van der Waals surface area contributed by atoms with Crippen LogP contribution in [-0.4, -0.2) is 61.1 Å². The molecule has 3 amide bonds. The number of likely N-dealkylation sites (N-methyl/N-ethyl adjacent to an activating group) is 1. The zero-order chi connectivity index (χ0) is 26.2. The Balaban J connectivity index is 1.39. The van der Waals surface area contributed by atoms with Gasteiger partial charge in [0.2, 0.25) is 0 Å². The fourth-order valence-electron chi connectivity index (χ4n) is 5.68. The molecule has 5 rings (SSSR count). The molecule has 37 heavy (non-hydrogen) atoms. The van der Waals surface area contributed by atoms with E-state index >= 15 is 0 Å². The molecule has 2 saturated heterocycles. The molecule has 1 N–H and O–H groups in total. The summed E-state index contributed by atoms with van der Waals surface area (Å²) in [6, 6.07) is 15.1. The second kappa shape index (κ2) is 9.84. The van der Waals surface area contributed by atoms with Crippen molar-refractivity contribution < 1.29 is 23.5 Å². The molecular weight excluding hydrogens is 470 g/mol. The summed E-state index contributed by atoms with van der Waals surface area (Å²) in [7, 11) is 3.27. The highest BCUT2D eigenvalue weighted by Gasteiger charge is 2.50. The van der Waals surface area contributed by atoms with E-state index in [1.165, 1.54) is 0 Å². The predicted octanol–water partition coefficient (Wildman–Crippen LogP) is 5.16. The van der Waals surface area contributed by atoms with Crippen LogP contribution in [0.25, 0.3) is 11.0 Å². The highest BCUT2D eigenvalue weighted by atomic mass is 16.5. The minimum atomic E-state index is -0.482. The molecule has 8 heteroatoms. The highest BCUT2D eigenvalue weighted by Crippen LogP contribution is 2.41. The van der Waals surface area contributed by atoms with Crippen molar-refractivity contribution in [2.24, 2.45) is 0 Å². The molecule has 0 bridgehead atoms. The van der Waals surface area contributed by atoms with Crippen LogP contribution >= 0.6 is 0 Å². The largest absolute Gasteiger partial charge is 0.497 e. The number of likely N-dealkylation sites (tertiary alicyclic amines) is 1. The minimum absolute atomic E-state index is 0.0138. The first kappa shape index (κ1) is 24.7. The first-order valence-corrected chi connectivity index (χ1v) is 12.7. The number of fused-ring (bicyclic) bond motifs is 1. The monoisotopic (exact) mass is 503 g/mol. The zero-order valence-electron chi connectivity index (χ0n) is 21.7. The lowest BCUT2D eigenvalue weighted by atomic mass is 9.82. The summed E-state index contributed by atoms with van der Waals surface area (Å²) in [5.74, 6) is 1.68. The van der Waals surface area contributed by atoms with Gasteiger partial charge in [0.1, 0.15) is 17.1 Å². The lowest BCUT2D eigenvalue weighted by Gasteiger charge is -2.44. The number of nitrogens with one attached hydrogen (secondary N) is 1. The van der Waals surface area contributed by atoms with Crippen molar-refractivity contribution in [3.05, 3.63) is 71.6 Å². The van der Waals surface area contributed by atoms with Crippen LogP contribution in [0.4, 0.5) is 4.79 Å². The van der Waals surface area contributed by atoms with Crippen molar-refractivity contribution in [3.8, 4) is 11.5 Å². The number of methoxy groups -OCH3 is 2. The van der Waals surface area contributed by atoms with Crippen molar-refractivity contribution in [1.82, 2.24) is 15.1 Å². The SMILES string of the molecule is CCN1C(=O)N/C(=C\[C@H](C)c2ccc(OC)cc2OC)C12CCN(C(=O)c1cc3ccccc3o1)CC2. The second-order valence-electron chi connectivity index (χ2n) is 9.62. The van der Waals surface area contributed by atoms with Crippen LogP contribution in [0.5, 0.6) is 11.5 Å². The molecule has 3 heterocycles. The number of urea groups is 1. The van der Waals surface area contributed by atoms with Gasteiger partial charge in [0.25, 0.3) is 5.91 Å². The van der Waals surface area contributed by atoms with Crippen molar-refractivity contribution in [2.45, 2.75) is 38.1 Å². The van der Waals surface area contributed by atoms with E-state index in [1.54, 1.807) is 20.3 Å². The lowest BCUT2D eigenvalue weighted by molar-refractivity contribution is 0.0550. The van der Waals surface area contributed by atoms with Gasteiger partial charge >= 0.3 is 6.03 Å². The maximum absolute atomic E-state index is 13.3. The molecule has 0 unspecified atom stereocenters. The molecular formula is C29H33N3O5. The van der Waals surface area contributed by atoms with Crippen LogP contribution in [0, 0.1) is 0 Å². The Bertz CT molecular complexity index is 1320. The van der Waals surface area contributed by atoms with Gasteiger partial charge in [-0.25, -0.2) is 4.79 Å². The number of benzene rings is 2. The van der Waals surface area contributed by atoms with Gasteiger partial charge in [0.15, 0.2) is 5.76 Å². The minimum Gasteiger partial charge on any atom is -0.497 e.